The highest BCUT2D eigenvalue weighted by Crippen LogP contribution is 2.24. The largest absolute Gasteiger partial charge is 0.0955 e. The van der Waals surface area contributed by atoms with Gasteiger partial charge in [0.25, 0.3) is 0 Å². The molecule has 0 N–H and O–H groups in total. The van der Waals surface area contributed by atoms with Crippen molar-refractivity contribution in [2.45, 2.75) is 6.92 Å². The number of rotatable bonds is 2. The van der Waals surface area contributed by atoms with E-state index in [4.69, 9.17) is 5.53 Å². The highest BCUT2D eigenvalue weighted by molar-refractivity contribution is 5.71. The van der Waals surface area contributed by atoms with Gasteiger partial charge in [-0.3, -0.25) is 0 Å². The zero-order valence-corrected chi connectivity index (χ0v) is 6.86. The van der Waals surface area contributed by atoms with Crippen molar-refractivity contribution < 1.29 is 0 Å². The maximum atomic E-state index is 8.25. The van der Waals surface area contributed by atoms with E-state index in [0.29, 0.717) is 5.69 Å². The molecule has 0 saturated heterocycles. The Kier molecular flexibility index (Phi) is 2.51. The third kappa shape index (κ3) is 1.65. The smallest absolute Gasteiger partial charge is 0.0450 e. The van der Waals surface area contributed by atoms with Gasteiger partial charge in [-0.05, 0) is 18.0 Å². The number of hydrogen-bond acceptors (Lipinski definition) is 1. The molecule has 3 nitrogen and oxygen atoms in total. The molecule has 0 radical (unpaired) electrons. The fourth-order valence-corrected chi connectivity index (χ4v) is 0.970. The first-order valence-corrected chi connectivity index (χ1v) is 3.55. The summed E-state index contributed by atoms with van der Waals surface area (Å²) in [6, 6.07) is 7.37. The van der Waals surface area contributed by atoms with Crippen molar-refractivity contribution in [2.75, 3.05) is 0 Å². The first-order valence-electron chi connectivity index (χ1n) is 3.55. The Morgan fingerprint density at radius 3 is 2.75 bits per heavy atom. The van der Waals surface area contributed by atoms with E-state index in [0.717, 1.165) is 11.1 Å². The summed E-state index contributed by atoms with van der Waals surface area (Å²) in [7, 11) is 0. The Bertz CT molecular complexity index is 328. The minimum Gasteiger partial charge on any atom is -0.0955 e. The van der Waals surface area contributed by atoms with Gasteiger partial charge in [-0.2, -0.15) is 0 Å². The van der Waals surface area contributed by atoms with E-state index < -0.39 is 0 Å². The van der Waals surface area contributed by atoms with Gasteiger partial charge in [0, 0.05) is 10.6 Å². The van der Waals surface area contributed by atoms with Crippen LogP contribution in [0.5, 0.6) is 0 Å². The van der Waals surface area contributed by atoms with E-state index >= 15 is 0 Å². The van der Waals surface area contributed by atoms with Crippen LogP contribution in [0.3, 0.4) is 0 Å². The first kappa shape index (κ1) is 8.37. The van der Waals surface area contributed by atoms with E-state index in [1.807, 2.05) is 25.1 Å². The summed E-state index contributed by atoms with van der Waals surface area (Å²) in [4.78, 5) is 2.73. The van der Waals surface area contributed by atoms with E-state index in [-0.39, 0.29) is 0 Å². The predicted molar refractivity (Wildman–Crippen MR) is 50.0 cm³/mol. The SMILES string of the molecule is C=C(C)c1ccccc1N=[N+]=[N-]. The molecule has 0 fully saturated rings. The number of azide groups is 1. The van der Waals surface area contributed by atoms with Crippen molar-refractivity contribution in [3.63, 3.8) is 0 Å². The van der Waals surface area contributed by atoms with Crippen LogP contribution in [0.25, 0.3) is 16.0 Å². The normalized spacial score (nSPS) is 8.75. The van der Waals surface area contributed by atoms with Crippen LogP contribution in [0.2, 0.25) is 0 Å². The molecular formula is C9H9N3. The van der Waals surface area contributed by atoms with Crippen molar-refractivity contribution in [3.05, 3.63) is 46.9 Å². The third-order valence-electron chi connectivity index (χ3n) is 1.52. The Morgan fingerprint density at radius 1 is 1.50 bits per heavy atom. The van der Waals surface area contributed by atoms with Gasteiger partial charge in [-0.1, -0.05) is 41.5 Å². The van der Waals surface area contributed by atoms with Crippen molar-refractivity contribution in [3.8, 4) is 0 Å². The zero-order valence-electron chi connectivity index (χ0n) is 6.86. The van der Waals surface area contributed by atoms with Gasteiger partial charge in [0.05, 0.1) is 0 Å². The highest BCUT2D eigenvalue weighted by atomic mass is 15.1. The van der Waals surface area contributed by atoms with Crippen LogP contribution in [-0.4, -0.2) is 0 Å². The summed E-state index contributed by atoms with van der Waals surface area (Å²) < 4.78 is 0. The van der Waals surface area contributed by atoms with Crippen molar-refractivity contribution in [1.82, 2.24) is 0 Å². The standard InChI is InChI=1S/C9H9N3/c1-7(2)8-5-3-4-6-9(8)11-12-10/h3-6H,1H2,2H3. The van der Waals surface area contributed by atoms with Gasteiger partial charge >= 0.3 is 0 Å². The zero-order chi connectivity index (χ0) is 8.97. The van der Waals surface area contributed by atoms with E-state index in [9.17, 15) is 0 Å². The summed E-state index contributed by atoms with van der Waals surface area (Å²) in [5.74, 6) is 0. The van der Waals surface area contributed by atoms with Crippen LogP contribution < -0.4 is 0 Å². The van der Waals surface area contributed by atoms with Crippen molar-refractivity contribution in [1.29, 1.82) is 0 Å². The van der Waals surface area contributed by atoms with Gasteiger partial charge < -0.3 is 0 Å². The summed E-state index contributed by atoms with van der Waals surface area (Å²) in [6.45, 7) is 5.67. The molecule has 0 unspecified atom stereocenters. The molecule has 60 valence electrons. The van der Waals surface area contributed by atoms with Crippen molar-refractivity contribution >= 4 is 11.3 Å². The summed E-state index contributed by atoms with van der Waals surface area (Å²) in [5, 5.41) is 3.55. The molecule has 1 rings (SSSR count). The molecule has 1 aromatic carbocycles. The molecule has 3 heteroatoms. The third-order valence-corrected chi connectivity index (χ3v) is 1.52. The van der Waals surface area contributed by atoms with E-state index in [2.05, 4.69) is 16.6 Å². The van der Waals surface area contributed by atoms with Crippen molar-refractivity contribution in [2.24, 2.45) is 5.11 Å². The van der Waals surface area contributed by atoms with Crippen LogP contribution in [0.1, 0.15) is 12.5 Å². The Morgan fingerprint density at radius 2 is 2.17 bits per heavy atom. The number of allylic oxidation sites excluding steroid dienone is 1. The molecule has 0 amide bonds. The van der Waals surface area contributed by atoms with Gasteiger partial charge in [-0.15, -0.1) is 0 Å². The Labute approximate surface area is 71.0 Å². The van der Waals surface area contributed by atoms with Crippen LogP contribution in [0.15, 0.2) is 36.0 Å². The van der Waals surface area contributed by atoms with Gasteiger partial charge in [-0.25, -0.2) is 0 Å². The molecule has 0 spiro atoms. The number of nitrogens with zero attached hydrogens (tertiary/aromatic N) is 3. The van der Waals surface area contributed by atoms with Crippen LogP contribution in [0.4, 0.5) is 5.69 Å². The highest BCUT2D eigenvalue weighted by Gasteiger charge is 1.97. The molecule has 0 bridgehead atoms. The lowest BCUT2D eigenvalue weighted by atomic mass is 10.1. The maximum absolute atomic E-state index is 8.25. The predicted octanol–water partition coefficient (Wildman–Crippen LogP) is 3.66. The fourth-order valence-electron chi connectivity index (χ4n) is 0.970. The molecule has 0 atom stereocenters. The average molecular weight is 159 g/mol. The quantitative estimate of drug-likeness (QED) is 0.359. The minimum atomic E-state index is 0.632. The molecule has 0 aliphatic carbocycles. The Balaban J connectivity index is 3.26. The molecule has 0 heterocycles. The van der Waals surface area contributed by atoms with E-state index in [1.54, 1.807) is 6.07 Å². The topological polar surface area (TPSA) is 48.8 Å². The van der Waals surface area contributed by atoms with Gasteiger partial charge in [0.2, 0.25) is 0 Å². The second-order valence-electron chi connectivity index (χ2n) is 2.49. The molecule has 0 aromatic heterocycles. The maximum Gasteiger partial charge on any atom is 0.0450 e. The van der Waals surface area contributed by atoms with Crippen LogP contribution in [0, 0.1) is 0 Å². The number of benzene rings is 1. The molecule has 0 saturated carbocycles. The van der Waals surface area contributed by atoms with Crippen LogP contribution in [-0.2, 0) is 0 Å². The molecule has 1 aromatic rings. The summed E-state index contributed by atoms with van der Waals surface area (Å²) >= 11 is 0. The molecule has 12 heavy (non-hydrogen) atoms. The lowest BCUT2D eigenvalue weighted by molar-refractivity contribution is 1.44. The minimum absolute atomic E-state index is 0.632. The van der Waals surface area contributed by atoms with Crippen LogP contribution >= 0.6 is 0 Å². The van der Waals surface area contributed by atoms with E-state index in [1.165, 1.54) is 0 Å². The second kappa shape index (κ2) is 3.60. The lowest BCUT2D eigenvalue weighted by Gasteiger charge is -2.01. The lowest BCUT2D eigenvalue weighted by Crippen LogP contribution is -1.76. The molecule has 0 aliphatic rings. The second-order valence-corrected chi connectivity index (χ2v) is 2.49. The Hall–Kier alpha value is -1.73. The first-order chi connectivity index (χ1) is 5.75. The number of hydrogen-bond donors (Lipinski definition) is 0. The van der Waals surface area contributed by atoms with Gasteiger partial charge in [0.15, 0.2) is 0 Å². The summed E-state index contributed by atoms with van der Waals surface area (Å²) in [6.07, 6.45) is 0. The fraction of sp³-hybridized carbons (Fsp3) is 0.111. The molecular weight excluding hydrogens is 150 g/mol. The summed E-state index contributed by atoms with van der Waals surface area (Å²) in [5.41, 5.74) is 10.7. The van der Waals surface area contributed by atoms with Gasteiger partial charge in [0.1, 0.15) is 0 Å². The monoisotopic (exact) mass is 159 g/mol. The molecule has 0 aliphatic heterocycles. The average Bonchev–Trinajstić information content (AvgIpc) is 2.05.